The standard InChI is InChI=1S/C18H18ClN3O3/c1-9-14(17-21-11(3)25-22-17)16(12-7-5-6-8-13(12)19)15(10(2)20-9)18(23)24-4/h5-8,16,20H,1-4H3. The van der Waals surface area contributed by atoms with Gasteiger partial charge in [-0.1, -0.05) is 35.0 Å². The fourth-order valence-electron chi connectivity index (χ4n) is 3.10. The fraction of sp³-hybridized carbons (Fsp3) is 0.278. The normalized spacial score (nSPS) is 17.6. The molecule has 0 radical (unpaired) electrons. The summed E-state index contributed by atoms with van der Waals surface area (Å²) >= 11 is 6.44. The molecule has 1 unspecified atom stereocenters. The molecule has 0 saturated carbocycles. The summed E-state index contributed by atoms with van der Waals surface area (Å²) in [6.45, 7) is 5.45. The second kappa shape index (κ2) is 6.72. The third-order valence-corrected chi connectivity index (χ3v) is 4.49. The Morgan fingerprint density at radius 1 is 1.24 bits per heavy atom. The monoisotopic (exact) mass is 359 g/mol. The van der Waals surface area contributed by atoms with Crippen LogP contribution in [0, 0.1) is 6.92 Å². The maximum atomic E-state index is 12.5. The van der Waals surface area contributed by atoms with Gasteiger partial charge in [-0.05, 0) is 25.5 Å². The number of carbonyl (C=O) groups excluding carboxylic acids is 1. The molecule has 0 spiro atoms. The number of nitrogens with zero attached hydrogens (tertiary/aromatic N) is 2. The molecule has 0 amide bonds. The van der Waals surface area contributed by atoms with Crippen LogP contribution in [-0.4, -0.2) is 23.2 Å². The van der Waals surface area contributed by atoms with Crippen molar-refractivity contribution in [1.82, 2.24) is 15.5 Å². The predicted molar refractivity (Wildman–Crippen MR) is 93.7 cm³/mol. The van der Waals surface area contributed by atoms with Crippen molar-refractivity contribution in [3.8, 4) is 0 Å². The van der Waals surface area contributed by atoms with E-state index < -0.39 is 11.9 Å². The van der Waals surface area contributed by atoms with E-state index in [2.05, 4.69) is 15.5 Å². The lowest BCUT2D eigenvalue weighted by Gasteiger charge is -2.30. The van der Waals surface area contributed by atoms with Crippen molar-refractivity contribution in [3.63, 3.8) is 0 Å². The number of aromatic nitrogens is 2. The Morgan fingerprint density at radius 2 is 1.96 bits per heavy atom. The van der Waals surface area contributed by atoms with Crippen molar-refractivity contribution < 1.29 is 14.1 Å². The first-order valence-corrected chi connectivity index (χ1v) is 8.13. The average Bonchev–Trinajstić information content (AvgIpc) is 3.00. The lowest BCUT2D eigenvalue weighted by Crippen LogP contribution is -2.28. The lowest BCUT2D eigenvalue weighted by molar-refractivity contribution is -0.136. The molecule has 1 N–H and O–H groups in total. The van der Waals surface area contributed by atoms with Gasteiger partial charge in [-0.3, -0.25) is 0 Å². The smallest absolute Gasteiger partial charge is 0.336 e. The molecule has 3 rings (SSSR count). The molecule has 25 heavy (non-hydrogen) atoms. The number of hydrogen-bond donors (Lipinski definition) is 1. The number of halogens is 1. The summed E-state index contributed by atoms with van der Waals surface area (Å²) in [5.41, 5.74) is 3.52. The molecule has 2 heterocycles. The van der Waals surface area contributed by atoms with Crippen LogP contribution in [0.25, 0.3) is 5.57 Å². The molecule has 1 aromatic heterocycles. The first-order valence-electron chi connectivity index (χ1n) is 7.76. The average molecular weight is 360 g/mol. The Bertz CT molecular complexity index is 898. The van der Waals surface area contributed by atoms with Gasteiger partial charge in [0.05, 0.1) is 12.7 Å². The number of nitrogens with one attached hydrogen (secondary N) is 1. The molecule has 2 aromatic rings. The first kappa shape index (κ1) is 17.2. The lowest BCUT2D eigenvalue weighted by atomic mass is 9.80. The van der Waals surface area contributed by atoms with Crippen LogP contribution in [-0.2, 0) is 9.53 Å². The minimum Gasteiger partial charge on any atom is -0.466 e. The van der Waals surface area contributed by atoms with Crippen LogP contribution >= 0.6 is 11.6 Å². The third-order valence-electron chi connectivity index (χ3n) is 4.15. The number of ether oxygens (including phenoxy) is 1. The molecule has 7 heteroatoms. The van der Waals surface area contributed by atoms with Gasteiger partial charge in [0, 0.05) is 34.8 Å². The minimum absolute atomic E-state index is 0.418. The van der Waals surface area contributed by atoms with Crippen LogP contribution in [0.5, 0.6) is 0 Å². The van der Waals surface area contributed by atoms with Crippen molar-refractivity contribution in [3.05, 3.63) is 63.5 Å². The summed E-state index contributed by atoms with van der Waals surface area (Å²) in [5, 5.41) is 7.80. The van der Waals surface area contributed by atoms with Crippen molar-refractivity contribution in [2.75, 3.05) is 7.11 Å². The SMILES string of the molecule is COC(=O)C1=C(C)NC(C)=C(c2noc(C)n2)C1c1ccccc1Cl. The van der Waals surface area contributed by atoms with E-state index in [4.69, 9.17) is 20.9 Å². The Hall–Kier alpha value is -2.60. The highest BCUT2D eigenvalue weighted by atomic mass is 35.5. The zero-order valence-electron chi connectivity index (χ0n) is 14.4. The van der Waals surface area contributed by atoms with E-state index >= 15 is 0 Å². The quantitative estimate of drug-likeness (QED) is 0.844. The Morgan fingerprint density at radius 3 is 2.56 bits per heavy atom. The van der Waals surface area contributed by atoms with E-state index in [1.54, 1.807) is 13.0 Å². The molecule has 0 aliphatic carbocycles. The number of methoxy groups -OCH3 is 1. The highest BCUT2D eigenvalue weighted by Gasteiger charge is 2.37. The molecule has 0 bridgehead atoms. The molecular formula is C18H18ClN3O3. The summed E-state index contributed by atoms with van der Waals surface area (Å²) in [4.78, 5) is 16.9. The molecular weight excluding hydrogens is 342 g/mol. The maximum absolute atomic E-state index is 12.5. The molecule has 6 nitrogen and oxygen atoms in total. The molecule has 130 valence electrons. The van der Waals surface area contributed by atoms with Crippen molar-refractivity contribution >= 4 is 23.1 Å². The van der Waals surface area contributed by atoms with E-state index in [0.29, 0.717) is 28.0 Å². The number of rotatable bonds is 3. The predicted octanol–water partition coefficient (Wildman–Crippen LogP) is 3.60. The van der Waals surface area contributed by atoms with Crippen LogP contribution in [0.2, 0.25) is 5.02 Å². The Balaban J connectivity index is 2.27. The zero-order chi connectivity index (χ0) is 18.1. The summed E-state index contributed by atoms with van der Waals surface area (Å²) in [6, 6.07) is 7.39. The summed E-state index contributed by atoms with van der Waals surface area (Å²) in [6.07, 6.45) is 0. The van der Waals surface area contributed by atoms with Crippen molar-refractivity contribution in [2.24, 2.45) is 0 Å². The van der Waals surface area contributed by atoms with Crippen LogP contribution in [0.3, 0.4) is 0 Å². The van der Waals surface area contributed by atoms with Gasteiger partial charge in [-0.2, -0.15) is 4.98 Å². The number of benzene rings is 1. The summed E-state index contributed by atoms with van der Waals surface area (Å²) in [5.74, 6) is -0.0278. The van der Waals surface area contributed by atoms with Gasteiger partial charge in [0.2, 0.25) is 11.7 Å². The second-order valence-electron chi connectivity index (χ2n) is 5.79. The van der Waals surface area contributed by atoms with Crippen molar-refractivity contribution in [2.45, 2.75) is 26.7 Å². The Labute approximate surface area is 150 Å². The highest BCUT2D eigenvalue weighted by Crippen LogP contribution is 2.44. The Kier molecular flexibility index (Phi) is 4.63. The molecule has 0 fully saturated rings. The van der Waals surface area contributed by atoms with Gasteiger partial charge in [0.15, 0.2) is 0 Å². The van der Waals surface area contributed by atoms with E-state index in [1.165, 1.54) is 7.11 Å². The number of aryl methyl sites for hydroxylation is 1. The van der Waals surface area contributed by atoms with Crippen LogP contribution < -0.4 is 5.32 Å². The summed E-state index contributed by atoms with van der Waals surface area (Å²) in [7, 11) is 1.36. The highest BCUT2D eigenvalue weighted by molar-refractivity contribution is 6.31. The number of dihydropyridines is 1. The fourth-order valence-corrected chi connectivity index (χ4v) is 3.34. The molecule has 1 atom stereocenters. The summed E-state index contributed by atoms with van der Waals surface area (Å²) < 4.78 is 10.2. The topological polar surface area (TPSA) is 77.2 Å². The first-order chi connectivity index (χ1) is 11.9. The largest absolute Gasteiger partial charge is 0.466 e. The van der Waals surface area contributed by atoms with Crippen LogP contribution in [0.15, 0.2) is 45.8 Å². The van der Waals surface area contributed by atoms with Gasteiger partial charge in [0.25, 0.3) is 0 Å². The molecule has 1 aliphatic heterocycles. The maximum Gasteiger partial charge on any atom is 0.336 e. The number of allylic oxidation sites excluding steroid dienone is 3. The molecule has 0 saturated heterocycles. The van der Waals surface area contributed by atoms with Gasteiger partial charge >= 0.3 is 5.97 Å². The molecule has 1 aliphatic rings. The zero-order valence-corrected chi connectivity index (χ0v) is 15.1. The van der Waals surface area contributed by atoms with Crippen LogP contribution in [0.1, 0.15) is 37.0 Å². The van der Waals surface area contributed by atoms with Gasteiger partial charge in [-0.25, -0.2) is 4.79 Å². The van der Waals surface area contributed by atoms with E-state index in [9.17, 15) is 4.79 Å². The molecule has 1 aromatic carbocycles. The van der Waals surface area contributed by atoms with Crippen molar-refractivity contribution in [1.29, 1.82) is 0 Å². The van der Waals surface area contributed by atoms with E-state index in [0.717, 1.165) is 16.8 Å². The number of hydrogen-bond acceptors (Lipinski definition) is 6. The minimum atomic E-state index is -0.459. The van der Waals surface area contributed by atoms with Gasteiger partial charge in [-0.15, -0.1) is 0 Å². The number of esters is 1. The second-order valence-corrected chi connectivity index (χ2v) is 6.19. The van der Waals surface area contributed by atoms with E-state index in [1.807, 2.05) is 32.0 Å². The van der Waals surface area contributed by atoms with Crippen LogP contribution in [0.4, 0.5) is 0 Å². The van der Waals surface area contributed by atoms with Gasteiger partial charge in [0.1, 0.15) is 0 Å². The number of carbonyl (C=O) groups is 1. The van der Waals surface area contributed by atoms with E-state index in [-0.39, 0.29) is 0 Å². The van der Waals surface area contributed by atoms with Gasteiger partial charge < -0.3 is 14.6 Å². The third kappa shape index (κ3) is 3.05.